The highest BCUT2D eigenvalue weighted by Crippen LogP contribution is 2.21. The second-order valence-corrected chi connectivity index (χ2v) is 8.92. The van der Waals surface area contributed by atoms with E-state index >= 15 is 0 Å². The zero-order chi connectivity index (χ0) is 20.0. The van der Waals surface area contributed by atoms with Crippen molar-refractivity contribution in [1.82, 2.24) is 4.72 Å². The van der Waals surface area contributed by atoms with Gasteiger partial charge >= 0.3 is 0 Å². The van der Waals surface area contributed by atoms with Crippen LogP contribution in [0.5, 0.6) is 5.75 Å². The number of ether oxygens (including phenoxy) is 1. The Hall–Kier alpha value is -2.09. The van der Waals surface area contributed by atoms with Crippen LogP contribution in [0.4, 0.5) is 5.69 Å². The Kier molecular flexibility index (Phi) is 6.93. The highest BCUT2D eigenvalue weighted by Gasteiger charge is 2.21. The fourth-order valence-corrected chi connectivity index (χ4v) is 4.53. The summed E-state index contributed by atoms with van der Waals surface area (Å²) >= 11 is 5.80. The van der Waals surface area contributed by atoms with Crippen LogP contribution < -0.4 is 14.8 Å². The first kappa shape index (κ1) is 20.6. The summed E-state index contributed by atoms with van der Waals surface area (Å²) in [7, 11) is -3.55. The Balaban J connectivity index is 1.53. The van der Waals surface area contributed by atoms with Crippen molar-refractivity contribution in [1.29, 1.82) is 0 Å². The Morgan fingerprint density at radius 2 is 1.64 bits per heavy atom. The molecule has 3 rings (SSSR count). The number of rotatable bonds is 7. The second kappa shape index (κ2) is 9.41. The summed E-state index contributed by atoms with van der Waals surface area (Å²) < 4.78 is 33.1. The number of nitrogens with one attached hydrogen (secondary N) is 2. The average Bonchev–Trinajstić information content (AvgIpc) is 2.68. The van der Waals surface area contributed by atoms with Gasteiger partial charge in [-0.3, -0.25) is 4.79 Å². The van der Waals surface area contributed by atoms with Crippen molar-refractivity contribution in [3.05, 3.63) is 53.6 Å². The van der Waals surface area contributed by atoms with Crippen LogP contribution in [0.3, 0.4) is 0 Å². The molecule has 1 aliphatic rings. The number of hydrogen-bond acceptors (Lipinski definition) is 4. The third kappa shape index (κ3) is 5.95. The van der Waals surface area contributed by atoms with Gasteiger partial charge in [-0.2, -0.15) is 0 Å². The third-order valence-corrected chi connectivity index (χ3v) is 6.35. The van der Waals surface area contributed by atoms with Crippen LogP contribution in [0.2, 0.25) is 5.02 Å². The summed E-state index contributed by atoms with van der Waals surface area (Å²) in [5.74, 6) is 0.195. The fourth-order valence-electron chi connectivity index (χ4n) is 3.10. The summed E-state index contributed by atoms with van der Waals surface area (Å²) in [4.78, 5) is 12.2. The molecule has 0 bridgehead atoms. The lowest BCUT2D eigenvalue weighted by Gasteiger charge is -2.22. The van der Waals surface area contributed by atoms with E-state index in [-0.39, 0.29) is 23.5 Å². The molecule has 2 N–H and O–H groups in total. The smallest absolute Gasteiger partial charge is 0.262 e. The fraction of sp³-hybridized carbons (Fsp3) is 0.350. The molecule has 0 aliphatic heterocycles. The van der Waals surface area contributed by atoms with Gasteiger partial charge in [-0.05, 0) is 61.4 Å². The summed E-state index contributed by atoms with van der Waals surface area (Å²) in [6.45, 7) is -0.162. The highest BCUT2D eigenvalue weighted by atomic mass is 35.5. The van der Waals surface area contributed by atoms with E-state index in [1.54, 1.807) is 36.4 Å². The molecule has 2 aromatic rings. The first-order valence-electron chi connectivity index (χ1n) is 9.23. The minimum atomic E-state index is -3.55. The molecule has 0 radical (unpaired) electrons. The van der Waals surface area contributed by atoms with E-state index in [0.717, 1.165) is 32.1 Å². The van der Waals surface area contributed by atoms with E-state index in [2.05, 4.69) is 10.0 Å². The van der Waals surface area contributed by atoms with Crippen molar-refractivity contribution in [2.75, 3.05) is 11.9 Å². The Labute approximate surface area is 170 Å². The standard InChI is InChI=1S/C20H23ClN2O4S/c21-15-6-10-18(11-7-15)27-14-20(24)22-16-8-12-19(13-9-16)28(25,26)23-17-4-2-1-3-5-17/h6-13,17,23H,1-5,14H2,(H,22,24). The molecule has 6 nitrogen and oxygen atoms in total. The first-order chi connectivity index (χ1) is 13.4. The van der Waals surface area contributed by atoms with E-state index in [1.807, 2.05) is 0 Å². The van der Waals surface area contributed by atoms with Crippen LogP contribution in [0.15, 0.2) is 53.4 Å². The molecule has 150 valence electrons. The van der Waals surface area contributed by atoms with Crippen LogP contribution in [0, 0.1) is 0 Å². The van der Waals surface area contributed by atoms with E-state index in [4.69, 9.17) is 16.3 Å². The first-order valence-corrected chi connectivity index (χ1v) is 11.1. The van der Waals surface area contributed by atoms with Gasteiger partial charge in [-0.25, -0.2) is 13.1 Å². The number of carbonyl (C=O) groups excluding carboxylic acids is 1. The average molecular weight is 423 g/mol. The van der Waals surface area contributed by atoms with Gasteiger partial charge in [0.1, 0.15) is 5.75 Å². The third-order valence-electron chi connectivity index (χ3n) is 4.56. The number of carbonyl (C=O) groups is 1. The minimum Gasteiger partial charge on any atom is -0.484 e. The van der Waals surface area contributed by atoms with Gasteiger partial charge in [0.05, 0.1) is 4.90 Å². The molecule has 1 aliphatic carbocycles. The molecular weight excluding hydrogens is 400 g/mol. The molecule has 28 heavy (non-hydrogen) atoms. The number of anilines is 1. The number of sulfonamides is 1. The van der Waals surface area contributed by atoms with Gasteiger partial charge in [0.15, 0.2) is 6.61 Å². The molecule has 0 spiro atoms. The lowest BCUT2D eigenvalue weighted by molar-refractivity contribution is -0.118. The molecule has 1 amide bonds. The molecule has 0 atom stereocenters. The number of hydrogen-bond donors (Lipinski definition) is 2. The maximum absolute atomic E-state index is 12.5. The quantitative estimate of drug-likeness (QED) is 0.707. The topological polar surface area (TPSA) is 84.5 Å². The predicted octanol–water partition coefficient (Wildman–Crippen LogP) is 3.97. The van der Waals surface area contributed by atoms with Crippen molar-refractivity contribution in [2.45, 2.75) is 43.0 Å². The van der Waals surface area contributed by atoms with Gasteiger partial charge in [0.2, 0.25) is 10.0 Å². The molecule has 1 saturated carbocycles. The molecule has 2 aromatic carbocycles. The van der Waals surface area contributed by atoms with Crippen molar-refractivity contribution in [3.8, 4) is 5.75 Å². The summed E-state index contributed by atoms with van der Waals surface area (Å²) in [6.07, 6.45) is 5.02. The van der Waals surface area contributed by atoms with E-state index < -0.39 is 10.0 Å². The molecular formula is C20H23ClN2O4S. The van der Waals surface area contributed by atoms with Crippen LogP contribution in [0.1, 0.15) is 32.1 Å². The Morgan fingerprint density at radius 3 is 2.29 bits per heavy atom. The highest BCUT2D eigenvalue weighted by molar-refractivity contribution is 7.89. The van der Waals surface area contributed by atoms with E-state index in [9.17, 15) is 13.2 Å². The second-order valence-electron chi connectivity index (χ2n) is 6.77. The van der Waals surface area contributed by atoms with Crippen molar-refractivity contribution < 1.29 is 17.9 Å². The van der Waals surface area contributed by atoms with E-state index in [1.165, 1.54) is 12.1 Å². The Bertz CT molecular complexity index is 893. The maximum atomic E-state index is 12.5. The van der Waals surface area contributed by atoms with Crippen LogP contribution in [-0.4, -0.2) is 27.0 Å². The number of halogens is 1. The van der Waals surface area contributed by atoms with E-state index in [0.29, 0.717) is 16.5 Å². The van der Waals surface area contributed by atoms with Gasteiger partial charge in [0.25, 0.3) is 5.91 Å². The van der Waals surface area contributed by atoms with Gasteiger partial charge in [-0.1, -0.05) is 30.9 Å². The summed E-state index contributed by atoms with van der Waals surface area (Å²) in [5, 5.41) is 3.27. The monoisotopic (exact) mass is 422 g/mol. The van der Waals surface area contributed by atoms with Crippen LogP contribution >= 0.6 is 11.6 Å². The molecule has 1 fully saturated rings. The largest absolute Gasteiger partial charge is 0.484 e. The SMILES string of the molecule is O=C(COc1ccc(Cl)cc1)Nc1ccc(S(=O)(=O)NC2CCCCC2)cc1. The summed E-state index contributed by atoms with van der Waals surface area (Å²) in [5.41, 5.74) is 0.501. The zero-order valence-electron chi connectivity index (χ0n) is 15.4. The van der Waals surface area contributed by atoms with Crippen LogP contribution in [-0.2, 0) is 14.8 Å². The van der Waals surface area contributed by atoms with Crippen LogP contribution in [0.25, 0.3) is 0 Å². The Morgan fingerprint density at radius 1 is 1.00 bits per heavy atom. The van der Waals surface area contributed by atoms with Gasteiger partial charge in [0, 0.05) is 16.8 Å². The molecule has 0 heterocycles. The summed E-state index contributed by atoms with van der Waals surface area (Å²) in [6, 6.07) is 12.8. The molecule has 0 aromatic heterocycles. The minimum absolute atomic E-state index is 0.00291. The lowest BCUT2D eigenvalue weighted by Crippen LogP contribution is -2.36. The molecule has 8 heteroatoms. The predicted molar refractivity (Wildman–Crippen MR) is 109 cm³/mol. The normalized spacial score (nSPS) is 15.2. The van der Waals surface area contributed by atoms with Crippen molar-refractivity contribution in [3.63, 3.8) is 0 Å². The number of amides is 1. The number of benzene rings is 2. The zero-order valence-corrected chi connectivity index (χ0v) is 16.9. The van der Waals surface area contributed by atoms with Gasteiger partial charge < -0.3 is 10.1 Å². The molecule has 0 saturated heterocycles. The van der Waals surface area contributed by atoms with Crippen molar-refractivity contribution >= 4 is 33.2 Å². The molecule has 0 unspecified atom stereocenters. The van der Waals surface area contributed by atoms with Crippen molar-refractivity contribution in [2.24, 2.45) is 0 Å². The van der Waals surface area contributed by atoms with Gasteiger partial charge in [-0.15, -0.1) is 0 Å². The maximum Gasteiger partial charge on any atom is 0.262 e. The lowest BCUT2D eigenvalue weighted by atomic mass is 9.96.